The molecule has 26 heavy (non-hydrogen) atoms. The maximum atomic E-state index is 10.0. The number of nitrogens with zero attached hydrogens (tertiary/aromatic N) is 1. The summed E-state index contributed by atoms with van der Waals surface area (Å²) in [5.41, 5.74) is 6.50. The summed E-state index contributed by atoms with van der Waals surface area (Å²) in [6.45, 7) is 13.1. The molecule has 0 fully saturated rings. The molecule has 2 aromatic heterocycles. The van der Waals surface area contributed by atoms with Crippen molar-refractivity contribution in [1.29, 1.82) is 0 Å². The lowest BCUT2D eigenvalue weighted by Gasteiger charge is -2.16. The second-order valence-electron chi connectivity index (χ2n) is 6.18. The lowest BCUT2D eigenvalue weighted by Crippen LogP contribution is -2.27. The van der Waals surface area contributed by atoms with E-state index in [2.05, 4.69) is 25.7 Å². The van der Waals surface area contributed by atoms with Crippen molar-refractivity contribution in [2.45, 2.75) is 66.6 Å². The van der Waals surface area contributed by atoms with Crippen LogP contribution in [0.1, 0.15) is 65.4 Å². The Bertz CT molecular complexity index is 726. The monoisotopic (exact) mass is 450 g/mol. The number of rotatable bonds is 2. The number of fused-ring (bicyclic) bond motifs is 1. The van der Waals surface area contributed by atoms with E-state index in [0.717, 1.165) is 5.56 Å². The molecule has 0 saturated heterocycles. The number of carbonyl (C=O) groups is 1. The number of carbonyl (C=O) groups excluding carboxylic acids is 1. The largest absolute Gasteiger partial charge is 0.455 e. The van der Waals surface area contributed by atoms with Gasteiger partial charge in [0.2, 0.25) is 0 Å². The quantitative estimate of drug-likeness (QED) is 0.554. The summed E-state index contributed by atoms with van der Waals surface area (Å²) >= 11 is 9.27. The van der Waals surface area contributed by atoms with Crippen LogP contribution in [0.3, 0.4) is 0 Å². The number of ether oxygens (including phenoxy) is 1. The molecule has 0 saturated carbocycles. The fraction of sp³-hybridized carbons (Fsp3) is 0.556. The minimum Gasteiger partial charge on any atom is -0.455 e. The number of hydrogen-bond acceptors (Lipinski definition) is 5. The van der Waals surface area contributed by atoms with Gasteiger partial charge in [0, 0.05) is 0 Å². The first kappa shape index (κ1) is 24.7. The number of amides is 1. The Morgan fingerprint density at radius 2 is 2.00 bits per heavy atom. The van der Waals surface area contributed by atoms with E-state index in [9.17, 15) is 9.90 Å². The summed E-state index contributed by atoms with van der Waals surface area (Å²) in [7, 11) is 0. The van der Waals surface area contributed by atoms with Gasteiger partial charge in [-0.1, -0.05) is 32.4 Å². The van der Waals surface area contributed by atoms with Crippen molar-refractivity contribution in [3.63, 3.8) is 0 Å². The number of primary amides is 1. The lowest BCUT2D eigenvalue weighted by atomic mass is 10.2. The number of pyridine rings is 1. The van der Waals surface area contributed by atoms with Crippen LogP contribution in [0.15, 0.2) is 15.0 Å². The highest BCUT2D eigenvalue weighted by Crippen LogP contribution is 2.36. The van der Waals surface area contributed by atoms with Crippen LogP contribution in [0.25, 0.3) is 11.1 Å². The zero-order valence-electron chi connectivity index (χ0n) is 16.3. The maximum Gasteiger partial charge on any atom is 0.405 e. The van der Waals surface area contributed by atoms with Crippen molar-refractivity contribution < 1.29 is 19.1 Å². The Kier molecular flexibility index (Phi) is 10.2. The molecule has 0 bridgehead atoms. The molecule has 1 unspecified atom stereocenters. The molecule has 0 aliphatic heterocycles. The number of aromatic nitrogens is 1. The van der Waals surface area contributed by atoms with E-state index in [-0.39, 0.29) is 0 Å². The lowest BCUT2D eigenvalue weighted by molar-refractivity contribution is 0.0600. The van der Waals surface area contributed by atoms with Crippen LogP contribution in [0.4, 0.5) is 4.79 Å². The molecule has 1 atom stereocenters. The van der Waals surface area contributed by atoms with E-state index >= 15 is 0 Å². The fourth-order valence-electron chi connectivity index (χ4n) is 1.87. The van der Waals surface area contributed by atoms with Crippen LogP contribution in [0.5, 0.6) is 0 Å². The summed E-state index contributed by atoms with van der Waals surface area (Å²) in [4.78, 5) is 14.2. The molecule has 0 aromatic carbocycles. The van der Waals surface area contributed by atoms with Gasteiger partial charge in [0.15, 0.2) is 5.58 Å². The molecule has 0 aliphatic rings. The summed E-state index contributed by atoms with van der Waals surface area (Å²) in [5, 5.41) is 10.2. The van der Waals surface area contributed by atoms with Crippen LogP contribution in [0.2, 0.25) is 5.15 Å². The third-order valence-corrected chi connectivity index (χ3v) is 3.82. The van der Waals surface area contributed by atoms with Gasteiger partial charge in [-0.25, -0.2) is 9.78 Å². The number of halogens is 2. The molecule has 2 heterocycles. The Labute approximate surface area is 168 Å². The third kappa shape index (κ3) is 7.51. The van der Waals surface area contributed by atoms with Crippen molar-refractivity contribution in [3.05, 3.63) is 27.0 Å². The molecule has 2 aromatic rings. The summed E-state index contributed by atoms with van der Waals surface area (Å²) < 4.78 is 10.9. The van der Waals surface area contributed by atoms with E-state index in [1.54, 1.807) is 26.8 Å². The Balaban J connectivity index is 0.000000533. The van der Waals surface area contributed by atoms with Crippen molar-refractivity contribution in [1.82, 2.24) is 4.98 Å². The van der Waals surface area contributed by atoms with Crippen LogP contribution in [-0.4, -0.2) is 21.8 Å². The number of nitrogens with two attached hydrogens (primary N) is 1. The van der Waals surface area contributed by atoms with E-state index in [0.29, 0.717) is 32.9 Å². The van der Waals surface area contributed by atoms with E-state index in [1.165, 1.54) is 0 Å². The van der Waals surface area contributed by atoms with Gasteiger partial charge in [0.05, 0.1) is 4.47 Å². The molecule has 1 amide bonds. The minimum absolute atomic E-state index is 0.420. The molecular formula is C18H28BrClN2O4. The molecule has 2 rings (SSSR count). The number of hydrogen-bond donors (Lipinski definition) is 2. The highest BCUT2D eigenvalue weighted by Gasteiger charge is 2.20. The third-order valence-electron chi connectivity index (χ3n) is 2.86. The van der Waals surface area contributed by atoms with Crippen LogP contribution < -0.4 is 5.73 Å². The van der Waals surface area contributed by atoms with Crippen molar-refractivity contribution in [3.8, 4) is 0 Å². The summed E-state index contributed by atoms with van der Waals surface area (Å²) in [5.74, 6) is 0.510. The first-order chi connectivity index (χ1) is 12.0. The van der Waals surface area contributed by atoms with Crippen LogP contribution in [-0.2, 0) is 4.74 Å². The molecule has 148 valence electrons. The number of furan rings is 1. The van der Waals surface area contributed by atoms with Gasteiger partial charge in [-0.2, -0.15) is 0 Å². The molecule has 6 nitrogen and oxygen atoms in total. The van der Waals surface area contributed by atoms with Crippen LogP contribution >= 0.6 is 27.5 Å². The Hall–Kier alpha value is -1.31. The molecular weight excluding hydrogens is 424 g/mol. The fourth-order valence-corrected chi connectivity index (χ4v) is 2.73. The maximum absolute atomic E-state index is 10.0. The normalized spacial score (nSPS) is 11.8. The van der Waals surface area contributed by atoms with Gasteiger partial charge in [0.25, 0.3) is 0 Å². The Morgan fingerprint density at radius 3 is 2.38 bits per heavy atom. The van der Waals surface area contributed by atoms with Crippen LogP contribution in [0, 0.1) is 6.92 Å². The first-order valence-corrected chi connectivity index (χ1v) is 9.55. The predicted octanol–water partition coefficient (Wildman–Crippen LogP) is 5.90. The summed E-state index contributed by atoms with van der Waals surface area (Å²) in [6.07, 6.45) is -0.759. The van der Waals surface area contributed by atoms with E-state index in [1.807, 2.05) is 27.7 Å². The molecule has 3 N–H and O–H groups in total. The number of aryl methyl sites for hydroxylation is 1. The van der Waals surface area contributed by atoms with Gasteiger partial charge in [-0.3, -0.25) is 0 Å². The van der Waals surface area contributed by atoms with Crippen molar-refractivity contribution >= 4 is 44.7 Å². The number of aliphatic hydroxyl groups excluding tert-OH is 1. The summed E-state index contributed by atoms with van der Waals surface area (Å²) in [6, 6.07) is 1.74. The minimum atomic E-state index is -0.725. The standard InChI is InChI=1S/C11H11BrClNO2.C5H11NO2.C2H6/c1-3-6(15)11-8(12)9-10(16-11)5(2)4-7(13)14-9;1-5(2,3)8-4(6)7;1-2/h4,6,15H,3H2,1-2H3;1-3H3,(H2,6,7);1-2H3. The second-order valence-corrected chi connectivity index (χ2v) is 7.36. The van der Waals surface area contributed by atoms with Crippen molar-refractivity contribution in [2.75, 3.05) is 0 Å². The van der Waals surface area contributed by atoms with Gasteiger partial charge in [-0.15, -0.1) is 0 Å². The van der Waals surface area contributed by atoms with Gasteiger partial charge in [-0.05, 0) is 61.7 Å². The predicted molar refractivity (Wildman–Crippen MR) is 108 cm³/mol. The van der Waals surface area contributed by atoms with Gasteiger partial charge < -0.3 is 20.0 Å². The zero-order valence-corrected chi connectivity index (χ0v) is 18.7. The molecule has 8 heteroatoms. The zero-order chi connectivity index (χ0) is 20.7. The first-order valence-electron chi connectivity index (χ1n) is 8.37. The van der Waals surface area contributed by atoms with Gasteiger partial charge >= 0.3 is 6.09 Å². The second kappa shape index (κ2) is 10.7. The highest BCUT2D eigenvalue weighted by molar-refractivity contribution is 9.10. The molecule has 0 spiro atoms. The average Bonchev–Trinajstić information content (AvgIpc) is 2.84. The van der Waals surface area contributed by atoms with Gasteiger partial charge in [0.1, 0.15) is 28.1 Å². The van der Waals surface area contributed by atoms with E-state index in [4.69, 9.17) is 21.8 Å². The Morgan fingerprint density at radius 1 is 1.46 bits per heavy atom. The smallest absolute Gasteiger partial charge is 0.405 e. The molecule has 0 aliphatic carbocycles. The average molecular weight is 452 g/mol. The SMILES string of the molecule is CC.CC(C)(C)OC(N)=O.CCC(O)c1oc2c(C)cc(Cl)nc2c1Br. The highest BCUT2D eigenvalue weighted by atomic mass is 79.9. The van der Waals surface area contributed by atoms with Crippen molar-refractivity contribution in [2.24, 2.45) is 5.73 Å². The molecule has 0 radical (unpaired) electrons. The topological polar surface area (TPSA) is 98.6 Å². The number of aliphatic hydroxyl groups is 1. The van der Waals surface area contributed by atoms with E-state index < -0.39 is 17.8 Å².